The van der Waals surface area contributed by atoms with Crippen molar-refractivity contribution in [2.24, 2.45) is 5.92 Å². The van der Waals surface area contributed by atoms with Crippen LogP contribution in [-0.2, 0) is 11.2 Å². The van der Waals surface area contributed by atoms with Gasteiger partial charge in [0.05, 0.1) is 0 Å². The number of rotatable bonds is 5. The third-order valence-corrected chi connectivity index (χ3v) is 6.02. The minimum atomic E-state index is -0.230. The molecule has 4 rings (SSSR count). The van der Waals surface area contributed by atoms with Crippen LogP contribution in [0.3, 0.4) is 0 Å². The number of nitrogens with one attached hydrogen (secondary N) is 2. The lowest BCUT2D eigenvalue weighted by molar-refractivity contribution is -0.117. The summed E-state index contributed by atoms with van der Waals surface area (Å²) in [6.07, 6.45) is 7.67. The number of aromatic nitrogens is 1. The molecule has 3 heterocycles. The summed E-state index contributed by atoms with van der Waals surface area (Å²) in [5, 5.41) is 7.17. The molecule has 2 aliphatic rings. The molecule has 1 amide bonds. The largest absolute Gasteiger partial charge is 0.311 e. The Hall–Kier alpha value is -1.50. The van der Waals surface area contributed by atoms with E-state index in [0.29, 0.717) is 36.0 Å². The van der Waals surface area contributed by atoms with Crippen molar-refractivity contribution in [1.82, 2.24) is 10.3 Å². The van der Waals surface area contributed by atoms with E-state index in [0.717, 1.165) is 23.3 Å². The topological polar surface area (TPSA) is 54.0 Å². The van der Waals surface area contributed by atoms with Crippen molar-refractivity contribution in [1.29, 1.82) is 0 Å². The van der Waals surface area contributed by atoms with E-state index in [1.165, 1.54) is 36.3 Å². The molecule has 2 fully saturated rings. The molecule has 2 saturated heterocycles. The second-order valence-corrected chi connectivity index (χ2v) is 8.28. The molecule has 0 radical (unpaired) electrons. The summed E-state index contributed by atoms with van der Waals surface area (Å²) in [7, 11) is 0. The maximum Gasteiger partial charge on any atom is 0.226 e. The van der Waals surface area contributed by atoms with Gasteiger partial charge in [0.1, 0.15) is 5.82 Å². The van der Waals surface area contributed by atoms with Crippen molar-refractivity contribution in [3.63, 3.8) is 0 Å². The standard InChI is InChI=1S/C19H22FN3OS.ClH/c20-14-3-1-2-12(6-14)9-17-11-21-19(25-17)23-18(24)10-13-7-15-4-5-16(8-13)22-15;/h1-3,6,11,13,15-16,22H,4-5,7-10H2,(H,21,23,24);1H. The van der Waals surface area contributed by atoms with Crippen molar-refractivity contribution < 1.29 is 9.18 Å². The second kappa shape index (κ2) is 8.46. The van der Waals surface area contributed by atoms with Gasteiger partial charge >= 0.3 is 0 Å². The van der Waals surface area contributed by atoms with Crippen molar-refractivity contribution in [2.45, 2.75) is 50.6 Å². The van der Waals surface area contributed by atoms with E-state index in [1.807, 2.05) is 6.07 Å². The predicted molar refractivity (Wildman–Crippen MR) is 104 cm³/mol. The number of hydrogen-bond acceptors (Lipinski definition) is 4. The van der Waals surface area contributed by atoms with E-state index < -0.39 is 0 Å². The number of carbonyl (C=O) groups excluding carboxylic acids is 1. The fraction of sp³-hybridized carbons (Fsp3) is 0.474. The number of fused-ring (bicyclic) bond motifs is 2. The fourth-order valence-electron chi connectivity index (χ4n) is 4.07. The quantitative estimate of drug-likeness (QED) is 0.799. The lowest BCUT2D eigenvalue weighted by atomic mass is 9.89. The molecular weight excluding hydrogens is 373 g/mol. The lowest BCUT2D eigenvalue weighted by Crippen LogP contribution is -2.39. The zero-order valence-corrected chi connectivity index (χ0v) is 16.0. The molecule has 2 N–H and O–H groups in total. The van der Waals surface area contributed by atoms with E-state index in [-0.39, 0.29) is 24.1 Å². The molecule has 7 heteroatoms. The van der Waals surface area contributed by atoms with Gasteiger partial charge < -0.3 is 10.6 Å². The summed E-state index contributed by atoms with van der Waals surface area (Å²) in [6, 6.07) is 7.79. The molecular formula is C19H23ClFN3OS. The number of thiazole rings is 1. The minimum absolute atomic E-state index is 0. The zero-order valence-electron chi connectivity index (χ0n) is 14.4. The van der Waals surface area contributed by atoms with Crippen LogP contribution in [0.2, 0.25) is 0 Å². The highest BCUT2D eigenvalue weighted by Gasteiger charge is 2.34. The SMILES string of the molecule is Cl.O=C(CC1CC2CCC(C1)N2)Nc1ncc(Cc2cccc(F)c2)s1. The number of nitrogens with zero attached hydrogens (tertiary/aromatic N) is 1. The summed E-state index contributed by atoms with van der Waals surface area (Å²) < 4.78 is 13.3. The number of hydrogen-bond donors (Lipinski definition) is 2. The molecule has 0 spiro atoms. The van der Waals surface area contributed by atoms with Crippen LogP contribution in [0.1, 0.15) is 42.5 Å². The second-order valence-electron chi connectivity index (χ2n) is 7.17. The van der Waals surface area contributed by atoms with E-state index in [1.54, 1.807) is 12.3 Å². The van der Waals surface area contributed by atoms with Crippen LogP contribution in [0.25, 0.3) is 0 Å². The summed E-state index contributed by atoms with van der Waals surface area (Å²) in [6.45, 7) is 0. The Kier molecular flexibility index (Phi) is 6.27. The normalized spacial score (nSPS) is 24.1. The first-order valence-corrected chi connectivity index (χ1v) is 9.71. The Labute approximate surface area is 163 Å². The Balaban J connectivity index is 0.00000196. The summed E-state index contributed by atoms with van der Waals surface area (Å²) in [5.41, 5.74) is 0.909. The minimum Gasteiger partial charge on any atom is -0.311 e. The monoisotopic (exact) mass is 395 g/mol. The van der Waals surface area contributed by atoms with E-state index in [2.05, 4.69) is 15.6 Å². The maximum atomic E-state index is 13.3. The van der Waals surface area contributed by atoms with Crippen LogP contribution in [0, 0.1) is 11.7 Å². The van der Waals surface area contributed by atoms with Gasteiger partial charge in [-0.1, -0.05) is 12.1 Å². The zero-order chi connectivity index (χ0) is 17.2. The molecule has 1 aromatic carbocycles. The highest BCUT2D eigenvalue weighted by Crippen LogP contribution is 2.33. The number of amides is 1. The molecule has 26 heavy (non-hydrogen) atoms. The van der Waals surface area contributed by atoms with Crippen LogP contribution in [-0.4, -0.2) is 23.0 Å². The van der Waals surface area contributed by atoms with Gasteiger partial charge in [-0.15, -0.1) is 23.7 Å². The van der Waals surface area contributed by atoms with E-state index in [9.17, 15) is 9.18 Å². The highest BCUT2D eigenvalue weighted by molar-refractivity contribution is 7.15. The molecule has 2 bridgehead atoms. The molecule has 2 aromatic rings. The van der Waals surface area contributed by atoms with Gasteiger partial charge in [0, 0.05) is 36.0 Å². The fourth-order valence-corrected chi connectivity index (χ4v) is 4.93. The number of halogens is 2. The number of carbonyl (C=O) groups is 1. The first-order chi connectivity index (χ1) is 12.1. The van der Waals surface area contributed by atoms with Crippen LogP contribution in [0.5, 0.6) is 0 Å². The van der Waals surface area contributed by atoms with Crippen molar-refractivity contribution in [3.8, 4) is 0 Å². The van der Waals surface area contributed by atoms with Gasteiger partial charge in [0.2, 0.25) is 5.91 Å². The number of piperidine rings is 1. The first-order valence-electron chi connectivity index (χ1n) is 8.89. The predicted octanol–water partition coefficient (Wildman–Crippen LogP) is 4.15. The molecule has 140 valence electrons. The molecule has 4 nitrogen and oxygen atoms in total. The van der Waals surface area contributed by atoms with Gasteiger partial charge in [0.15, 0.2) is 5.13 Å². The van der Waals surface area contributed by atoms with Crippen LogP contribution in [0.4, 0.5) is 9.52 Å². The molecule has 1 aromatic heterocycles. The molecule has 0 saturated carbocycles. The van der Waals surface area contributed by atoms with Gasteiger partial charge in [-0.25, -0.2) is 9.37 Å². The average Bonchev–Trinajstić information content (AvgIpc) is 3.13. The third-order valence-electron chi connectivity index (χ3n) is 5.11. The average molecular weight is 396 g/mol. The maximum absolute atomic E-state index is 13.3. The van der Waals surface area contributed by atoms with Crippen molar-refractivity contribution in [2.75, 3.05) is 5.32 Å². The van der Waals surface area contributed by atoms with Crippen LogP contribution in [0.15, 0.2) is 30.5 Å². The lowest BCUT2D eigenvalue weighted by Gasteiger charge is -2.28. The van der Waals surface area contributed by atoms with Crippen LogP contribution >= 0.6 is 23.7 Å². The molecule has 2 atom stereocenters. The molecule has 2 aliphatic heterocycles. The highest BCUT2D eigenvalue weighted by atomic mass is 35.5. The summed E-state index contributed by atoms with van der Waals surface area (Å²) in [4.78, 5) is 17.6. The van der Waals surface area contributed by atoms with Crippen molar-refractivity contribution in [3.05, 3.63) is 46.7 Å². The third kappa shape index (κ3) is 4.81. The Bertz CT molecular complexity index is 757. The molecule has 0 aliphatic carbocycles. The van der Waals surface area contributed by atoms with Crippen LogP contribution < -0.4 is 10.6 Å². The van der Waals surface area contributed by atoms with Gasteiger partial charge in [0.25, 0.3) is 0 Å². The summed E-state index contributed by atoms with van der Waals surface area (Å²) in [5.74, 6) is 0.301. The smallest absolute Gasteiger partial charge is 0.226 e. The van der Waals surface area contributed by atoms with Crippen molar-refractivity contribution >= 4 is 34.8 Å². The van der Waals surface area contributed by atoms with E-state index in [4.69, 9.17) is 0 Å². The summed E-state index contributed by atoms with van der Waals surface area (Å²) >= 11 is 1.46. The Morgan fingerprint density at radius 2 is 2.08 bits per heavy atom. The van der Waals surface area contributed by atoms with E-state index >= 15 is 0 Å². The van der Waals surface area contributed by atoms with Gasteiger partial charge in [-0.3, -0.25) is 4.79 Å². The molecule has 2 unspecified atom stereocenters. The Morgan fingerprint density at radius 3 is 2.81 bits per heavy atom. The Morgan fingerprint density at radius 1 is 1.31 bits per heavy atom. The first kappa shape index (κ1) is 19.3. The number of benzene rings is 1. The number of anilines is 1. The van der Waals surface area contributed by atoms with Gasteiger partial charge in [-0.2, -0.15) is 0 Å². The van der Waals surface area contributed by atoms with Gasteiger partial charge in [-0.05, 0) is 49.3 Å².